The van der Waals surface area contributed by atoms with Gasteiger partial charge in [0.15, 0.2) is 0 Å². The fourth-order valence-electron chi connectivity index (χ4n) is 2.12. The lowest BCUT2D eigenvalue weighted by Crippen LogP contribution is -2.26. The highest BCUT2D eigenvalue weighted by atomic mass is 16.5. The van der Waals surface area contributed by atoms with Crippen LogP contribution in [-0.2, 0) is 0 Å². The second-order valence-electron chi connectivity index (χ2n) is 4.09. The van der Waals surface area contributed by atoms with Crippen molar-refractivity contribution in [3.8, 4) is 18.1 Å². The van der Waals surface area contributed by atoms with Crippen LogP contribution in [0, 0.1) is 12.3 Å². The highest BCUT2D eigenvalue weighted by Gasteiger charge is 2.14. The molecule has 0 saturated carbocycles. The first kappa shape index (κ1) is 11.0. The van der Waals surface area contributed by atoms with Gasteiger partial charge in [0, 0.05) is 0 Å². The van der Waals surface area contributed by atoms with Crippen molar-refractivity contribution in [1.82, 2.24) is 5.32 Å². The van der Waals surface area contributed by atoms with E-state index in [1.165, 1.54) is 18.4 Å². The summed E-state index contributed by atoms with van der Waals surface area (Å²) >= 11 is 0. The molecule has 1 aromatic carbocycles. The molecule has 1 heterocycles. The van der Waals surface area contributed by atoms with E-state index in [-0.39, 0.29) is 0 Å². The van der Waals surface area contributed by atoms with E-state index in [4.69, 9.17) is 11.2 Å². The van der Waals surface area contributed by atoms with E-state index >= 15 is 0 Å². The van der Waals surface area contributed by atoms with Crippen LogP contribution < -0.4 is 10.1 Å². The number of rotatable bonds is 3. The highest BCUT2D eigenvalue weighted by molar-refractivity contribution is 5.30. The van der Waals surface area contributed by atoms with E-state index in [1.54, 1.807) is 0 Å². The number of nitrogens with one attached hydrogen (secondary N) is 1. The third kappa shape index (κ3) is 2.77. The molecule has 16 heavy (non-hydrogen) atoms. The second-order valence-corrected chi connectivity index (χ2v) is 4.09. The van der Waals surface area contributed by atoms with Crippen molar-refractivity contribution in [2.24, 2.45) is 0 Å². The fourth-order valence-corrected chi connectivity index (χ4v) is 2.12. The lowest BCUT2D eigenvalue weighted by atomic mass is 9.90. The Morgan fingerprint density at radius 2 is 1.94 bits per heavy atom. The van der Waals surface area contributed by atoms with Gasteiger partial charge in [0.05, 0.1) is 0 Å². The molecule has 1 saturated heterocycles. The minimum atomic E-state index is 0.340. The van der Waals surface area contributed by atoms with Crippen LogP contribution in [0.15, 0.2) is 24.3 Å². The van der Waals surface area contributed by atoms with Gasteiger partial charge in [0.25, 0.3) is 0 Å². The molecule has 1 aliphatic heterocycles. The monoisotopic (exact) mass is 215 g/mol. The van der Waals surface area contributed by atoms with Crippen LogP contribution in [0.25, 0.3) is 0 Å². The fraction of sp³-hybridized carbons (Fsp3) is 0.429. The summed E-state index contributed by atoms with van der Waals surface area (Å²) in [6, 6.07) is 8.33. The molecule has 0 aliphatic carbocycles. The summed E-state index contributed by atoms with van der Waals surface area (Å²) in [6.07, 6.45) is 7.59. The molecule has 1 fully saturated rings. The Morgan fingerprint density at radius 1 is 1.25 bits per heavy atom. The van der Waals surface area contributed by atoms with Gasteiger partial charge >= 0.3 is 0 Å². The van der Waals surface area contributed by atoms with Crippen molar-refractivity contribution < 1.29 is 4.74 Å². The molecule has 0 atom stereocenters. The quantitative estimate of drug-likeness (QED) is 0.780. The SMILES string of the molecule is C#CCOc1ccc(C2CCNCC2)cc1. The van der Waals surface area contributed by atoms with Crippen molar-refractivity contribution >= 4 is 0 Å². The first-order valence-corrected chi connectivity index (χ1v) is 5.77. The van der Waals surface area contributed by atoms with Crippen molar-refractivity contribution in [3.63, 3.8) is 0 Å². The maximum absolute atomic E-state index is 5.35. The Balaban J connectivity index is 1.98. The summed E-state index contributed by atoms with van der Waals surface area (Å²) in [7, 11) is 0. The van der Waals surface area contributed by atoms with Crippen LogP contribution in [0.1, 0.15) is 24.3 Å². The van der Waals surface area contributed by atoms with Crippen molar-refractivity contribution in [2.45, 2.75) is 18.8 Å². The largest absolute Gasteiger partial charge is 0.481 e. The van der Waals surface area contributed by atoms with Crippen LogP contribution in [-0.4, -0.2) is 19.7 Å². The topological polar surface area (TPSA) is 21.3 Å². The molecule has 0 bridgehead atoms. The molecule has 2 nitrogen and oxygen atoms in total. The lowest BCUT2D eigenvalue weighted by molar-refractivity contribution is 0.370. The van der Waals surface area contributed by atoms with Crippen molar-refractivity contribution in [3.05, 3.63) is 29.8 Å². The van der Waals surface area contributed by atoms with Gasteiger partial charge in [-0.25, -0.2) is 0 Å². The van der Waals surface area contributed by atoms with E-state index in [0.717, 1.165) is 18.8 Å². The summed E-state index contributed by atoms with van der Waals surface area (Å²) < 4.78 is 5.35. The molecule has 2 rings (SSSR count). The number of benzene rings is 1. The van der Waals surface area contributed by atoms with Crippen molar-refractivity contribution in [1.29, 1.82) is 0 Å². The zero-order valence-corrected chi connectivity index (χ0v) is 9.41. The van der Waals surface area contributed by atoms with Gasteiger partial charge in [-0.2, -0.15) is 0 Å². The van der Waals surface area contributed by atoms with Crippen LogP contribution in [0.3, 0.4) is 0 Å². The van der Waals surface area contributed by atoms with Crippen LogP contribution in [0.5, 0.6) is 5.75 Å². The van der Waals surface area contributed by atoms with E-state index in [9.17, 15) is 0 Å². The van der Waals surface area contributed by atoms with E-state index < -0.39 is 0 Å². The van der Waals surface area contributed by atoms with Gasteiger partial charge in [0.1, 0.15) is 12.4 Å². The van der Waals surface area contributed by atoms with E-state index in [0.29, 0.717) is 12.5 Å². The molecule has 0 amide bonds. The maximum atomic E-state index is 5.35. The molecule has 1 N–H and O–H groups in total. The van der Waals surface area contributed by atoms with Gasteiger partial charge in [-0.15, -0.1) is 6.42 Å². The average Bonchev–Trinajstić information content (AvgIpc) is 2.38. The van der Waals surface area contributed by atoms with Crippen molar-refractivity contribution in [2.75, 3.05) is 19.7 Å². The van der Waals surface area contributed by atoms with Gasteiger partial charge in [-0.05, 0) is 49.5 Å². The molecule has 0 aromatic heterocycles. The number of piperidine rings is 1. The van der Waals surface area contributed by atoms with Gasteiger partial charge in [0.2, 0.25) is 0 Å². The highest BCUT2D eigenvalue weighted by Crippen LogP contribution is 2.26. The summed E-state index contributed by atoms with van der Waals surface area (Å²) in [4.78, 5) is 0. The van der Waals surface area contributed by atoms with Crippen LogP contribution in [0.4, 0.5) is 0 Å². The molecule has 1 aliphatic rings. The maximum Gasteiger partial charge on any atom is 0.148 e. The molecule has 0 unspecified atom stereocenters. The zero-order chi connectivity index (χ0) is 11.2. The normalized spacial score (nSPS) is 16.7. The Bertz CT molecular complexity index is 357. The molecular weight excluding hydrogens is 198 g/mol. The third-order valence-electron chi connectivity index (χ3n) is 3.01. The van der Waals surface area contributed by atoms with Crippen LogP contribution in [0.2, 0.25) is 0 Å². The first-order chi connectivity index (χ1) is 7.90. The Hall–Kier alpha value is -1.46. The van der Waals surface area contributed by atoms with Gasteiger partial charge in [-0.1, -0.05) is 18.1 Å². The predicted octanol–water partition coefficient (Wildman–Crippen LogP) is 2.17. The third-order valence-corrected chi connectivity index (χ3v) is 3.01. The predicted molar refractivity (Wildman–Crippen MR) is 65.6 cm³/mol. The minimum absolute atomic E-state index is 0.340. The number of terminal acetylenes is 1. The summed E-state index contributed by atoms with van der Waals surface area (Å²) in [5, 5.41) is 3.38. The zero-order valence-electron chi connectivity index (χ0n) is 9.41. The molecular formula is C14H17NO. The molecule has 0 radical (unpaired) electrons. The molecule has 2 heteroatoms. The molecule has 0 spiro atoms. The summed E-state index contributed by atoms with van der Waals surface area (Å²) in [5.41, 5.74) is 1.41. The lowest BCUT2D eigenvalue weighted by Gasteiger charge is -2.23. The molecule has 84 valence electrons. The summed E-state index contributed by atoms with van der Waals surface area (Å²) in [6.45, 7) is 2.59. The smallest absolute Gasteiger partial charge is 0.148 e. The van der Waals surface area contributed by atoms with E-state index in [1.807, 2.05) is 12.1 Å². The Morgan fingerprint density at radius 3 is 2.56 bits per heavy atom. The number of ether oxygens (including phenoxy) is 1. The Kier molecular flexibility index (Phi) is 3.85. The average molecular weight is 215 g/mol. The standard InChI is InChI=1S/C14H17NO/c1-2-11-16-14-5-3-12(4-6-14)13-7-9-15-10-8-13/h1,3-6,13,15H,7-11H2. The Labute approximate surface area is 97.0 Å². The number of hydrogen-bond donors (Lipinski definition) is 1. The first-order valence-electron chi connectivity index (χ1n) is 5.77. The van der Waals surface area contributed by atoms with Crippen LogP contribution >= 0.6 is 0 Å². The van der Waals surface area contributed by atoms with E-state index in [2.05, 4.69) is 23.4 Å². The molecule has 1 aromatic rings. The summed E-state index contributed by atoms with van der Waals surface area (Å²) in [5.74, 6) is 4.02. The minimum Gasteiger partial charge on any atom is -0.481 e. The second kappa shape index (κ2) is 5.58. The number of hydrogen-bond acceptors (Lipinski definition) is 2. The van der Waals surface area contributed by atoms with Gasteiger partial charge < -0.3 is 10.1 Å². The van der Waals surface area contributed by atoms with Gasteiger partial charge in [-0.3, -0.25) is 0 Å².